The van der Waals surface area contributed by atoms with Crippen LogP contribution in [0, 0.1) is 0 Å². The van der Waals surface area contributed by atoms with Gasteiger partial charge in [-0.3, -0.25) is 9.48 Å². The van der Waals surface area contributed by atoms with Crippen LogP contribution < -0.4 is 0 Å². The number of nitrogens with zero attached hydrogens (tertiary/aromatic N) is 2. The summed E-state index contributed by atoms with van der Waals surface area (Å²) in [5.74, 6) is 0.194. The average Bonchev–Trinajstić information content (AvgIpc) is 2.83. The minimum Gasteiger partial charge on any atom is -0.299 e. The van der Waals surface area contributed by atoms with E-state index in [0.29, 0.717) is 12.8 Å². The van der Waals surface area contributed by atoms with Crippen LogP contribution in [0.3, 0.4) is 0 Å². The first kappa shape index (κ1) is 12.6. The number of carbonyl (C=O) groups is 1. The Morgan fingerprint density at radius 1 is 1.05 bits per heavy atom. The van der Waals surface area contributed by atoms with Gasteiger partial charge in [0.05, 0.1) is 12.1 Å². The summed E-state index contributed by atoms with van der Waals surface area (Å²) in [5.41, 5.74) is 1.89. The molecule has 0 aliphatic carbocycles. The molecule has 0 N–H and O–H groups in total. The molecule has 1 heterocycles. The van der Waals surface area contributed by atoms with E-state index in [0.717, 1.165) is 11.3 Å². The number of carbonyl (C=O) groups excluding carboxylic acids is 1. The van der Waals surface area contributed by atoms with E-state index < -0.39 is 0 Å². The fourth-order valence-corrected chi connectivity index (χ4v) is 2.40. The molecular formula is C17H16N2O. The van der Waals surface area contributed by atoms with Crippen molar-refractivity contribution in [1.82, 2.24) is 9.78 Å². The van der Waals surface area contributed by atoms with Gasteiger partial charge in [-0.1, -0.05) is 42.5 Å². The lowest BCUT2D eigenvalue weighted by Crippen LogP contribution is -2.07. The smallest absolute Gasteiger partial charge is 0.143 e. The van der Waals surface area contributed by atoms with Gasteiger partial charge in [-0.25, -0.2) is 0 Å². The van der Waals surface area contributed by atoms with E-state index in [2.05, 4.69) is 29.4 Å². The molecular weight excluding hydrogens is 248 g/mol. The summed E-state index contributed by atoms with van der Waals surface area (Å²) in [4.78, 5) is 12.1. The Bertz CT molecular complexity index is 758. The van der Waals surface area contributed by atoms with Crippen LogP contribution in [0.15, 0.2) is 54.7 Å². The van der Waals surface area contributed by atoms with Crippen LogP contribution in [-0.2, 0) is 24.7 Å². The Kier molecular flexibility index (Phi) is 3.33. The molecule has 3 nitrogen and oxygen atoms in total. The Labute approximate surface area is 117 Å². The topological polar surface area (TPSA) is 34.9 Å². The molecule has 20 heavy (non-hydrogen) atoms. The molecule has 0 radical (unpaired) electrons. The van der Waals surface area contributed by atoms with Gasteiger partial charge in [-0.05, 0) is 22.4 Å². The quantitative estimate of drug-likeness (QED) is 0.726. The van der Waals surface area contributed by atoms with Crippen molar-refractivity contribution in [1.29, 1.82) is 0 Å². The number of benzene rings is 2. The van der Waals surface area contributed by atoms with E-state index in [9.17, 15) is 4.79 Å². The molecule has 3 heteroatoms. The summed E-state index contributed by atoms with van der Waals surface area (Å²) in [6, 6.07) is 16.3. The van der Waals surface area contributed by atoms with Gasteiger partial charge >= 0.3 is 0 Å². The van der Waals surface area contributed by atoms with E-state index in [4.69, 9.17) is 0 Å². The second-order valence-electron chi connectivity index (χ2n) is 5.05. The molecule has 1 aromatic heterocycles. The molecule has 3 rings (SSSR count). The van der Waals surface area contributed by atoms with Crippen molar-refractivity contribution < 1.29 is 4.79 Å². The minimum absolute atomic E-state index is 0.194. The number of rotatable bonds is 4. The van der Waals surface area contributed by atoms with Gasteiger partial charge in [0.15, 0.2) is 0 Å². The fraction of sp³-hybridized carbons (Fsp3) is 0.176. The number of hydrogen-bond acceptors (Lipinski definition) is 2. The Balaban J connectivity index is 1.73. The molecule has 0 aliphatic heterocycles. The largest absolute Gasteiger partial charge is 0.299 e. The minimum atomic E-state index is 0.194. The van der Waals surface area contributed by atoms with Gasteiger partial charge in [-0.2, -0.15) is 5.10 Å². The van der Waals surface area contributed by atoms with Crippen molar-refractivity contribution in [2.24, 2.45) is 7.05 Å². The zero-order valence-corrected chi connectivity index (χ0v) is 11.4. The lowest BCUT2D eigenvalue weighted by Gasteiger charge is -2.03. The van der Waals surface area contributed by atoms with Crippen LogP contribution in [-0.4, -0.2) is 15.6 Å². The number of fused-ring (bicyclic) bond motifs is 1. The summed E-state index contributed by atoms with van der Waals surface area (Å²) in [7, 11) is 1.86. The van der Waals surface area contributed by atoms with Gasteiger partial charge in [0, 0.05) is 19.7 Å². The summed E-state index contributed by atoms with van der Waals surface area (Å²) in [6.07, 6.45) is 2.72. The Hall–Kier alpha value is -2.42. The van der Waals surface area contributed by atoms with Gasteiger partial charge < -0.3 is 0 Å². The second-order valence-corrected chi connectivity index (χ2v) is 5.05. The molecule has 0 aliphatic rings. The number of ketones is 1. The van der Waals surface area contributed by atoms with Crippen LogP contribution >= 0.6 is 0 Å². The van der Waals surface area contributed by atoms with Crippen molar-refractivity contribution in [2.45, 2.75) is 12.8 Å². The van der Waals surface area contributed by atoms with Gasteiger partial charge in [-0.15, -0.1) is 0 Å². The average molecular weight is 264 g/mol. The van der Waals surface area contributed by atoms with Gasteiger partial charge in [0.1, 0.15) is 5.78 Å². The molecule has 0 saturated heterocycles. The molecule has 0 saturated carbocycles. The fourth-order valence-electron chi connectivity index (χ4n) is 2.40. The number of hydrogen-bond donors (Lipinski definition) is 0. The third kappa shape index (κ3) is 2.77. The highest BCUT2D eigenvalue weighted by Gasteiger charge is 2.07. The van der Waals surface area contributed by atoms with Crippen molar-refractivity contribution >= 4 is 16.6 Å². The third-order valence-corrected chi connectivity index (χ3v) is 3.36. The van der Waals surface area contributed by atoms with E-state index in [1.165, 1.54) is 10.8 Å². The standard InChI is InChI=1S/C17H16N2O/c1-19-9-8-16(18-19)12-17(20)11-13-6-7-14-4-2-3-5-15(14)10-13/h2-10H,11-12H2,1H3. The Morgan fingerprint density at radius 3 is 2.60 bits per heavy atom. The molecule has 3 aromatic rings. The van der Waals surface area contributed by atoms with E-state index >= 15 is 0 Å². The predicted octanol–water partition coefficient (Wildman–Crippen LogP) is 2.93. The van der Waals surface area contributed by atoms with Crippen LogP contribution in [0.2, 0.25) is 0 Å². The number of Topliss-reactive ketones (excluding diaryl/α,β-unsaturated/α-hetero) is 1. The molecule has 0 fully saturated rings. The highest BCUT2D eigenvalue weighted by Crippen LogP contribution is 2.16. The predicted molar refractivity (Wildman–Crippen MR) is 79.6 cm³/mol. The van der Waals surface area contributed by atoms with Gasteiger partial charge in [0.2, 0.25) is 0 Å². The van der Waals surface area contributed by atoms with Crippen LogP contribution in [0.4, 0.5) is 0 Å². The molecule has 0 unspecified atom stereocenters. The first-order chi connectivity index (χ1) is 9.70. The first-order valence-electron chi connectivity index (χ1n) is 6.68. The second kappa shape index (κ2) is 5.29. The number of aryl methyl sites for hydroxylation is 1. The summed E-state index contributed by atoms with van der Waals surface area (Å²) in [5, 5.41) is 6.62. The highest BCUT2D eigenvalue weighted by atomic mass is 16.1. The van der Waals surface area contributed by atoms with Crippen LogP contribution in [0.1, 0.15) is 11.3 Å². The van der Waals surface area contributed by atoms with E-state index in [1.807, 2.05) is 37.5 Å². The monoisotopic (exact) mass is 264 g/mol. The maximum absolute atomic E-state index is 12.1. The lowest BCUT2D eigenvalue weighted by atomic mass is 10.0. The molecule has 0 amide bonds. The van der Waals surface area contributed by atoms with Crippen LogP contribution in [0.25, 0.3) is 10.8 Å². The zero-order chi connectivity index (χ0) is 13.9. The van der Waals surface area contributed by atoms with Gasteiger partial charge in [0.25, 0.3) is 0 Å². The van der Waals surface area contributed by atoms with Crippen LogP contribution in [0.5, 0.6) is 0 Å². The third-order valence-electron chi connectivity index (χ3n) is 3.36. The summed E-state index contributed by atoms with van der Waals surface area (Å²) < 4.78 is 1.72. The molecule has 2 aromatic carbocycles. The molecule has 0 atom stereocenters. The van der Waals surface area contributed by atoms with Crippen molar-refractivity contribution in [3.63, 3.8) is 0 Å². The summed E-state index contributed by atoms with van der Waals surface area (Å²) >= 11 is 0. The van der Waals surface area contributed by atoms with Crippen molar-refractivity contribution in [3.8, 4) is 0 Å². The molecule has 100 valence electrons. The van der Waals surface area contributed by atoms with E-state index in [1.54, 1.807) is 4.68 Å². The summed E-state index contributed by atoms with van der Waals surface area (Å²) in [6.45, 7) is 0. The van der Waals surface area contributed by atoms with Crippen molar-refractivity contribution in [2.75, 3.05) is 0 Å². The SMILES string of the molecule is Cn1ccc(CC(=O)Cc2ccc3ccccc3c2)n1. The lowest BCUT2D eigenvalue weighted by molar-refractivity contribution is -0.117. The normalized spacial score (nSPS) is 10.8. The number of aromatic nitrogens is 2. The zero-order valence-electron chi connectivity index (χ0n) is 11.4. The molecule has 0 bridgehead atoms. The maximum atomic E-state index is 12.1. The van der Waals surface area contributed by atoms with Crippen molar-refractivity contribution in [3.05, 3.63) is 66.0 Å². The highest BCUT2D eigenvalue weighted by molar-refractivity contribution is 5.86. The molecule has 0 spiro atoms. The van der Waals surface area contributed by atoms with E-state index in [-0.39, 0.29) is 5.78 Å². The first-order valence-corrected chi connectivity index (χ1v) is 6.68. The Morgan fingerprint density at radius 2 is 1.85 bits per heavy atom. The maximum Gasteiger partial charge on any atom is 0.143 e.